The summed E-state index contributed by atoms with van der Waals surface area (Å²) in [5.41, 5.74) is -3.05. The van der Waals surface area contributed by atoms with Gasteiger partial charge in [0.1, 0.15) is 18.6 Å². The maximum Gasteiger partial charge on any atom is 0.337 e. The number of allylic oxidation sites excluding steroid dienone is 1. The molecule has 3 heterocycles. The van der Waals surface area contributed by atoms with Crippen molar-refractivity contribution in [1.29, 1.82) is 0 Å². The van der Waals surface area contributed by atoms with Crippen molar-refractivity contribution in [2.75, 3.05) is 6.61 Å². The summed E-state index contributed by atoms with van der Waals surface area (Å²) in [5.74, 6) is -5.43. The fourth-order valence-corrected chi connectivity index (χ4v) is 3.17. The van der Waals surface area contributed by atoms with Gasteiger partial charge in [-0.3, -0.25) is 4.98 Å². The molecule has 6 nitrogen and oxygen atoms in total. The first-order chi connectivity index (χ1) is 12.2. The number of carboxylic acids is 1. The van der Waals surface area contributed by atoms with Gasteiger partial charge < -0.3 is 15.2 Å². The molecule has 138 valence electrons. The van der Waals surface area contributed by atoms with Crippen molar-refractivity contribution in [2.24, 2.45) is 0 Å². The number of alkyl halides is 3. The smallest absolute Gasteiger partial charge is 0.337 e. The van der Waals surface area contributed by atoms with Gasteiger partial charge in [-0.1, -0.05) is 0 Å². The molecule has 2 atom stereocenters. The van der Waals surface area contributed by atoms with Crippen LogP contribution in [-0.2, 0) is 14.3 Å². The van der Waals surface area contributed by atoms with E-state index >= 15 is 0 Å². The second-order valence-corrected chi connectivity index (χ2v) is 5.70. The number of nitrogens with one attached hydrogen (secondary N) is 1. The Kier molecular flexibility index (Phi) is 4.43. The number of aliphatic carboxylic acids is 1. The summed E-state index contributed by atoms with van der Waals surface area (Å²) >= 11 is 0. The summed E-state index contributed by atoms with van der Waals surface area (Å²) in [5, 5.41) is 11.7. The van der Waals surface area contributed by atoms with Crippen molar-refractivity contribution < 1.29 is 37.0 Å². The van der Waals surface area contributed by atoms with Crippen LogP contribution in [0.5, 0.6) is 0 Å². The van der Waals surface area contributed by atoms with E-state index in [1.54, 1.807) is 0 Å². The summed E-state index contributed by atoms with van der Waals surface area (Å²) in [6, 6.07) is 0. The summed E-state index contributed by atoms with van der Waals surface area (Å²) in [6.45, 7) is 0.625. The minimum atomic E-state index is -3.22. The van der Waals surface area contributed by atoms with Crippen molar-refractivity contribution >= 4 is 11.9 Å². The van der Waals surface area contributed by atoms with E-state index in [0.29, 0.717) is 0 Å². The first-order valence-corrected chi connectivity index (χ1v) is 7.44. The minimum Gasteiger partial charge on any atom is -0.478 e. The van der Waals surface area contributed by atoms with E-state index in [2.05, 4.69) is 10.3 Å². The van der Waals surface area contributed by atoms with Crippen molar-refractivity contribution in [2.45, 2.75) is 25.4 Å². The van der Waals surface area contributed by atoms with E-state index < -0.39 is 53.1 Å². The van der Waals surface area contributed by atoms with E-state index in [4.69, 9.17) is 4.74 Å². The molecule has 0 fully saturated rings. The third-order valence-electron chi connectivity index (χ3n) is 4.17. The average molecular weight is 372 g/mol. The molecule has 0 radical (unpaired) electrons. The van der Waals surface area contributed by atoms with Gasteiger partial charge in [-0.15, -0.1) is 0 Å². The van der Waals surface area contributed by atoms with Crippen molar-refractivity contribution in [1.82, 2.24) is 10.3 Å². The van der Waals surface area contributed by atoms with Crippen molar-refractivity contribution in [3.63, 3.8) is 0 Å². The molecule has 1 aromatic heterocycles. The van der Waals surface area contributed by atoms with Gasteiger partial charge in [-0.05, 0) is 12.5 Å². The molecule has 0 amide bonds. The molecule has 0 unspecified atom stereocenters. The lowest BCUT2D eigenvalue weighted by molar-refractivity contribution is -0.136. The minimum absolute atomic E-state index is 0.0676. The number of cyclic esters (lactones) is 1. The van der Waals surface area contributed by atoms with E-state index in [-0.39, 0.29) is 23.4 Å². The molecule has 1 aromatic rings. The summed E-state index contributed by atoms with van der Waals surface area (Å²) in [6.07, 6.45) is -3.43. The molecule has 2 N–H and O–H groups in total. The Labute approximate surface area is 144 Å². The molecular weight excluding hydrogens is 360 g/mol. The molecule has 0 saturated heterocycles. The molecule has 10 heteroatoms. The average Bonchev–Trinajstić information content (AvgIpc) is 2.93. The molecule has 3 rings (SSSR count). The number of nitrogens with zero attached hydrogens (tertiary/aromatic N) is 1. The molecule has 2 aliphatic heterocycles. The number of esters is 1. The fraction of sp³-hybridized carbons (Fsp3) is 0.312. The molecule has 2 aliphatic rings. The van der Waals surface area contributed by atoms with Crippen molar-refractivity contribution in [3.8, 4) is 0 Å². The largest absolute Gasteiger partial charge is 0.478 e. The Balaban J connectivity index is 2.33. The first kappa shape index (κ1) is 17.9. The maximum absolute atomic E-state index is 14.1. The Morgan fingerprint density at radius 3 is 2.65 bits per heavy atom. The first-order valence-electron chi connectivity index (χ1n) is 7.44. The monoisotopic (exact) mass is 372 g/mol. The number of carbonyl (C=O) groups excluding carboxylic acids is 1. The molecule has 26 heavy (non-hydrogen) atoms. The quantitative estimate of drug-likeness (QED) is 0.623. The number of rotatable bonds is 4. The molecule has 0 bridgehead atoms. The Bertz CT molecular complexity index is 864. The predicted molar refractivity (Wildman–Crippen MR) is 78.2 cm³/mol. The molecular formula is C16H12F4N2O4. The van der Waals surface area contributed by atoms with E-state index in [0.717, 1.165) is 19.3 Å². The highest BCUT2D eigenvalue weighted by molar-refractivity contribution is 6.00. The van der Waals surface area contributed by atoms with Crippen LogP contribution in [0, 0.1) is 5.82 Å². The van der Waals surface area contributed by atoms with Gasteiger partial charge in [-0.25, -0.2) is 27.2 Å². The topological polar surface area (TPSA) is 88.5 Å². The van der Waals surface area contributed by atoms with Crippen LogP contribution in [0.4, 0.5) is 17.6 Å². The predicted octanol–water partition coefficient (Wildman–Crippen LogP) is 2.35. The highest BCUT2D eigenvalue weighted by Crippen LogP contribution is 2.44. The van der Waals surface area contributed by atoms with Crippen LogP contribution in [0.1, 0.15) is 30.1 Å². The fourth-order valence-electron chi connectivity index (χ4n) is 3.17. The van der Waals surface area contributed by atoms with Crippen molar-refractivity contribution in [3.05, 3.63) is 51.9 Å². The molecule has 0 aromatic carbocycles. The zero-order chi connectivity index (χ0) is 19.2. The molecule has 0 saturated carbocycles. The SMILES string of the molecule is C[C@H](F)c1c(F)cncc1[C@H]1C2=C(COC2=O)NC(C(F)F)=C1C(=O)O. The van der Waals surface area contributed by atoms with Crippen LogP contribution in [0.3, 0.4) is 0 Å². The lowest BCUT2D eigenvalue weighted by atomic mass is 9.79. The van der Waals surface area contributed by atoms with Gasteiger partial charge >= 0.3 is 11.9 Å². The lowest BCUT2D eigenvalue weighted by Gasteiger charge is -2.29. The second-order valence-electron chi connectivity index (χ2n) is 5.70. The second kappa shape index (κ2) is 6.43. The van der Waals surface area contributed by atoms with Crippen LogP contribution in [-0.4, -0.2) is 35.1 Å². The van der Waals surface area contributed by atoms with Crippen LogP contribution < -0.4 is 5.32 Å². The third-order valence-corrected chi connectivity index (χ3v) is 4.17. The maximum atomic E-state index is 14.1. The molecule has 0 aliphatic carbocycles. The number of aromatic nitrogens is 1. The number of hydrogen-bond donors (Lipinski definition) is 2. The summed E-state index contributed by atoms with van der Waals surface area (Å²) in [7, 11) is 0. The van der Waals surface area contributed by atoms with Crippen LogP contribution >= 0.6 is 0 Å². The van der Waals surface area contributed by atoms with Gasteiger partial charge in [0.15, 0.2) is 0 Å². The van der Waals surface area contributed by atoms with Crippen LogP contribution in [0.25, 0.3) is 0 Å². The summed E-state index contributed by atoms with van der Waals surface area (Å²) in [4.78, 5) is 27.3. The summed E-state index contributed by atoms with van der Waals surface area (Å²) < 4.78 is 59.8. The van der Waals surface area contributed by atoms with E-state index in [9.17, 15) is 32.3 Å². The number of halogens is 4. The Morgan fingerprint density at radius 1 is 1.38 bits per heavy atom. The molecule has 0 spiro atoms. The third kappa shape index (κ3) is 2.71. The van der Waals surface area contributed by atoms with Crippen LogP contribution in [0.15, 0.2) is 34.9 Å². The lowest BCUT2D eigenvalue weighted by Crippen LogP contribution is -2.33. The number of carbonyl (C=O) groups is 2. The highest BCUT2D eigenvalue weighted by Gasteiger charge is 2.45. The van der Waals surface area contributed by atoms with Gasteiger partial charge in [0.2, 0.25) is 0 Å². The zero-order valence-electron chi connectivity index (χ0n) is 13.2. The number of dihydropyridines is 1. The van der Waals surface area contributed by atoms with E-state index in [1.165, 1.54) is 0 Å². The highest BCUT2D eigenvalue weighted by atomic mass is 19.3. The van der Waals surface area contributed by atoms with Gasteiger partial charge in [0.25, 0.3) is 6.43 Å². The Hall–Kier alpha value is -2.91. The van der Waals surface area contributed by atoms with Gasteiger partial charge in [0.05, 0.1) is 34.7 Å². The number of ether oxygens (including phenoxy) is 1. The Morgan fingerprint density at radius 2 is 2.08 bits per heavy atom. The zero-order valence-corrected chi connectivity index (χ0v) is 13.2. The number of hydrogen-bond acceptors (Lipinski definition) is 5. The van der Waals surface area contributed by atoms with Crippen LogP contribution in [0.2, 0.25) is 0 Å². The van der Waals surface area contributed by atoms with Gasteiger partial charge in [0, 0.05) is 11.8 Å². The number of carboxylic acid groups (broad SMARTS) is 1. The van der Waals surface area contributed by atoms with Gasteiger partial charge in [-0.2, -0.15) is 0 Å². The normalized spacial score (nSPS) is 20.8. The van der Waals surface area contributed by atoms with E-state index in [1.807, 2.05) is 0 Å². The standard InChI is InChI=1S/C16H12F4N2O4/c1-5(17)9-6(2-21-3-7(9)18)10-11-8(4-26-16(11)25)22-13(14(19)20)12(10)15(23)24/h2-3,5,10,14,22H,4H2,1H3,(H,23,24)/t5-,10-/m0/s1. The number of pyridine rings is 1.